The number of likely N-dealkylation sites (tertiary alicyclic amines) is 2. The molecule has 174 valence electrons. The standard InChI is InChI=1S/C25H28N2O5S/c1-4-32-25(31)26-11-9-18(10-12-26)27-21(19-6-5-13-33-19)20(23(29)24(27)30)22(28)17-8-7-15(2)16(3)14-17/h5-8,13-14,18,21,28H,4,9-12H2,1-3H3/b22-20-. The van der Waals surface area contributed by atoms with Gasteiger partial charge in [0.05, 0.1) is 18.2 Å². The lowest BCUT2D eigenvalue weighted by atomic mass is 9.96. The first-order valence-electron chi connectivity index (χ1n) is 11.2. The van der Waals surface area contributed by atoms with Gasteiger partial charge < -0.3 is 19.6 Å². The molecular weight excluding hydrogens is 440 g/mol. The van der Waals surface area contributed by atoms with Crippen LogP contribution in [-0.2, 0) is 14.3 Å². The number of Topliss-reactive ketones (excluding diaryl/α,β-unsaturated/α-hetero) is 1. The van der Waals surface area contributed by atoms with Crippen molar-refractivity contribution in [3.63, 3.8) is 0 Å². The lowest BCUT2D eigenvalue weighted by molar-refractivity contribution is -0.142. The van der Waals surface area contributed by atoms with Gasteiger partial charge in [0.1, 0.15) is 5.76 Å². The Balaban J connectivity index is 1.70. The SMILES string of the molecule is CCOC(=O)N1CCC(N2C(=O)C(=O)/C(=C(\O)c3ccc(C)c(C)c3)C2c2cccs2)CC1. The number of piperidine rings is 1. The molecule has 1 unspecified atom stereocenters. The van der Waals surface area contributed by atoms with Crippen LogP contribution in [0.3, 0.4) is 0 Å². The van der Waals surface area contributed by atoms with Crippen LogP contribution in [0.25, 0.3) is 5.76 Å². The van der Waals surface area contributed by atoms with Gasteiger partial charge in [-0.1, -0.05) is 18.2 Å². The highest BCUT2D eigenvalue weighted by atomic mass is 32.1. The number of thiophene rings is 1. The van der Waals surface area contributed by atoms with Crippen LogP contribution < -0.4 is 0 Å². The molecule has 1 N–H and O–H groups in total. The van der Waals surface area contributed by atoms with Crippen molar-refractivity contribution in [1.29, 1.82) is 0 Å². The number of hydrogen-bond acceptors (Lipinski definition) is 6. The second-order valence-corrected chi connectivity index (χ2v) is 9.42. The van der Waals surface area contributed by atoms with Gasteiger partial charge in [-0.2, -0.15) is 0 Å². The highest BCUT2D eigenvalue weighted by Crippen LogP contribution is 2.43. The van der Waals surface area contributed by atoms with Gasteiger partial charge in [0.15, 0.2) is 0 Å². The minimum Gasteiger partial charge on any atom is -0.507 e. The normalized spacial score (nSPS) is 21.0. The summed E-state index contributed by atoms with van der Waals surface area (Å²) < 4.78 is 5.09. The fraction of sp³-hybridized carbons (Fsp3) is 0.400. The summed E-state index contributed by atoms with van der Waals surface area (Å²) in [6.07, 6.45) is 0.719. The van der Waals surface area contributed by atoms with E-state index >= 15 is 0 Å². The maximum atomic E-state index is 13.2. The molecule has 0 bridgehead atoms. The smallest absolute Gasteiger partial charge is 0.409 e. The number of ether oxygens (including phenoxy) is 1. The zero-order valence-electron chi connectivity index (χ0n) is 19.0. The molecule has 2 aliphatic heterocycles. The highest BCUT2D eigenvalue weighted by molar-refractivity contribution is 7.10. The maximum absolute atomic E-state index is 13.2. The lowest BCUT2D eigenvalue weighted by Crippen LogP contribution is -2.48. The fourth-order valence-corrected chi connectivity index (χ4v) is 5.37. The van der Waals surface area contributed by atoms with Gasteiger partial charge in [0.2, 0.25) is 0 Å². The molecule has 0 saturated carbocycles. The molecule has 1 atom stereocenters. The van der Waals surface area contributed by atoms with E-state index in [0.717, 1.165) is 16.0 Å². The molecule has 0 radical (unpaired) electrons. The fourth-order valence-electron chi connectivity index (χ4n) is 4.54. The molecule has 8 heteroatoms. The zero-order chi connectivity index (χ0) is 23.7. The Kier molecular flexibility index (Phi) is 6.56. The van der Waals surface area contributed by atoms with E-state index in [4.69, 9.17) is 4.74 Å². The Morgan fingerprint density at radius 1 is 1.15 bits per heavy atom. The first-order chi connectivity index (χ1) is 15.8. The van der Waals surface area contributed by atoms with Gasteiger partial charge in [-0.3, -0.25) is 9.59 Å². The molecule has 2 amide bonds. The summed E-state index contributed by atoms with van der Waals surface area (Å²) in [4.78, 5) is 42.6. The molecule has 1 aromatic carbocycles. The number of aryl methyl sites for hydroxylation is 2. The first-order valence-corrected chi connectivity index (χ1v) is 12.0. The number of hydrogen-bond donors (Lipinski definition) is 1. The van der Waals surface area contributed by atoms with Crippen LogP contribution in [0.4, 0.5) is 4.79 Å². The molecule has 3 heterocycles. The van der Waals surface area contributed by atoms with Crippen molar-refractivity contribution < 1.29 is 24.2 Å². The summed E-state index contributed by atoms with van der Waals surface area (Å²) in [6.45, 7) is 6.89. The van der Waals surface area contributed by atoms with Gasteiger partial charge in [0.25, 0.3) is 11.7 Å². The Morgan fingerprint density at radius 2 is 1.88 bits per heavy atom. The van der Waals surface area contributed by atoms with Gasteiger partial charge in [-0.25, -0.2) is 4.79 Å². The van der Waals surface area contributed by atoms with Crippen molar-refractivity contribution in [3.05, 3.63) is 62.9 Å². The molecular formula is C25H28N2O5S. The molecule has 2 aliphatic rings. The number of amides is 2. The molecule has 0 aliphatic carbocycles. The monoisotopic (exact) mass is 468 g/mol. The number of benzene rings is 1. The number of nitrogens with zero attached hydrogens (tertiary/aromatic N) is 2. The number of carbonyl (C=O) groups is 3. The van der Waals surface area contributed by atoms with E-state index in [2.05, 4.69) is 0 Å². The van der Waals surface area contributed by atoms with Crippen molar-refractivity contribution in [1.82, 2.24) is 9.80 Å². The quantitative estimate of drug-likeness (QED) is 0.408. The van der Waals surface area contributed by atoms with E-state index in [1.165, 1.54) is 11.3 Å². The summed E-state index contributed by atoms with van der Waals surface area (Å²) in [6, 6.07) is 8.39. The van der Waals surface area contributed by atoms with E-state index in [1.54, 1.807) is 22.8 Å². The minimum absolute atomic E-state index is 0.124. The summed E-state index contributed by atoms with van der Waals surface area (Å²) >= 11 is 1.45. The highest BCUT2D eigenvalue weighted by Gasteiger charge is 2.49. The maximum Gasteiger partial charge on any atom is 0.409 e. The molecule has 2 saturated heterocycles. The van der Waals surface area contributed by atoms with Crippen molar-refractivity contribution in [2.45, 2.75) is 45.7 Å². The van der Waals surface area contributed by atoms with Crippen LogP contribution in [0, 0.1) is 13.8 Å². The number of rotatable bonds is 4. The van der Waals surface area contributed by atoms with Gasteiger partial charge in [0, 0.05) is 29.6 Å². The van der Waals surface area contributed by atoms with E-state index in [9.17, 15) is 19.5 Å². The Hall–Kier alpha value is -3.13. The summed E-state index contributed by atoms with van der Waals surface area (Å²) in [5.41, 5.74) is 2.72. The molecule has 2 fully saturated rings. The molecule has 7 nitrogen and oxygen atoms in total. The van der Waals surface area contributed by atoms with E-state index in [0.29, 0.717) is 38.1 Å². The minimum atomic E-state index is -0.669. The predicted molar refractivity (Wildman–Crippen MR) is 126 cm³/mol. The van der Waals surface area contributed by atoms with Crippen LogP contribution in [0.5, 0.6) is 0 Å². The van der Waals surface area contributed by atoms with E-state index in [1.807, 2.05) is 43.5 Å². The predicted octanol–water partition coefficient (Wildman–Crippen LogP) is 4.41. The van der Waals surface area contributed by atoms with E-state index in [-0.39, 0.29) is 23.5 Å². The molecule has 4 rings (SSSR count). The third-order valence-electron chi connectivity index (χ3n) is 6.46. The number of carbonyl (C=O) groups excluding carboxylic acids is 3. The van der Waals surface area contributed by atoms with Crippen molar-refractivity contribution >= 4 is 34.9 Å². The van der Waals surface area contributed by atoms with Gasteiger partial charge in [-0.05, 0) is 62.3 Å². The molecule has 0 spiro atoms. The summed E-state index contributed by atoms with van der Waals surface area (Å²) in [5.74, 6) is -1.42. The topological polar surface area (TPSA) is 87.2 Å². The van der Waals surface area contributed by atoms with Gasteiger partial charge >= 0.3 is 6.09 Å². The van der Waals surface area contributed by atoms with Crippen LogP contribution in [0.1, 0.15) is 47.4 Å². The first kappa shape index (κ1) is 23.0. The largest absolute Gasteiger partial charge is 0.507 e. The summed E-state index contributed by atoms with van der Waals surface area (Å²) in [5, 5.41) is 13.1. The third-order valence-corrected chi connectivity index (χ3v) is 7.38. The third kappa shape index (κ3) is 4.27. The van der Waals surface area contributed by atoms with E-state index < -0.39 is 17.7 Å². The van der Waals surface area contributed by atoms with Crippen molar-refractivity contribution in [3.8, 4) is 0 Å². The molecule has 1 aromatic heterocycles. The molecule has 33 heavy (non-hydrogen) atoms. The second-order valence-electron chi connectivity index (χ2n) is 8.44. The summed E-state index contributed by atoms with van der Waals surface area (Å²) in [7, 11) is 0. The van der Waals surface area contributed by atoms with Crippen molar-refractivity contribution in [2.24, 2.45) is 0 Å². The Bertz CT molecular complexity index is 1100. The number of aliphatic hydroxyl groups is 1. The lowest BCUT2D eigenvalue weighted by Gasteiger charge is -2.38. The van der Waals surface area contributed by atoms with Crippen molar-refractivity contribution in [2.75, 3.05) is 19.7 Å². The van der Waals surface area contributed by atoms with Crippen LogP contribution in [-0.4, -0.2) is 58.4 Å². The number of aliphatic hydroxyl groups excluding tert-OH is 1. The average Bonchev–Trinajstić information content (AvgIpc) is 3.42. The van der Waals surface area contributed by atoms with Gasteiger partial charge in [-0.15, -0.1) is 11.3 Å². The second kappa shape index (κ2) is 9.39. The van der Waals surface area contributed by atoms with Crippen LogP contribution in [0.2, 0.25) is 0 Å². The van der Waals surface area contributed by atoms with Crippen LogP contribution in [0.15, 0.2) is 41.3 Å². The Labute approximate surface area is 197 Å². The average molecular weight is 469 g/mol. The zero-order valence-corrected chi connectivity index (χ0v) is 19.9. The van der Waals surface area contributed by atoms with Crippen LogP contribution >= 0.6 is 11.3 Å². The number of ketones is 1. The molecule has 2 aromatic rings. The Morgan fingerprint density at radius 3 is 2.48 bits per heavy atom.